The first-order chi connectivity index (χ1) is 9.08. The Morgan fingerprint density at radius 1 is 1.05 bits per heavy atom. The third-order valence-electron chi connectivity index (χ3n) is 2.49. The average molecular weight is 258 g/mol. The van der Waals surface area contributed by atoms with Crippen molar-refractivity contribution in [3.05, 3.63) is 41.7 Å². The minimum absolute atomic E-state index is 0.213. The SMILES string of the molecule is CC(=O)Oc1c(C)ccc(C)c1Oc1ncccn1. The number of aromatic nitrogens is 2. The van der Waals surface area contributed by atoms with Crippen molar-refractivity contribution in [2.24, 2.45) is 0 Å². The molecule has 0 amide bonds. The number of carbonyl (C=O) groups is 1. The van der Waals surface area contributed by atoms with Crippen LogP contribution >= 0.6 is 0 Å². The highest BCUT2D eigenvalue weighted by atomic mass is 16.6. The van der Waals surface area contributed by atoms with Gasteiger partial charge in [-0.25, -0.2) is 9.97 Å². The van der Waals surface area contributed by atoms with E-state index in [0.717, 1.165) is 11.1 Å². The van der Waals surface area contributed by atoms with E-state index in [4.69, 9.17) is 9.47 Å². The Hall–Kier alpha value is -2.43. The lowest BCUT2D eigenvalue weighted by Gasteiger charge is -2.13. The summed E-state index contributed by atoms with van der Waals surface area (Å²) in [5.74, 6) is 0.467. The summed E-state index contributed by atoms with van der Waals surface area (Å²) in [7, 11) is 0. The Balaban J connectivity index is 2.43. The molecule has 98 valence electrons. The molecular weight excluding hydrogens is 244 g/mol. The number of nitrogens with zero attached hydrogens (tertiary/aromatic N) is 2. The first-order valence-electron chi connectivity index (χ1n) is 5.81. The van der Waals surface area contributed by atoms with Gasteiger partial charge in [0.05, 0.1) is 0 Å². The predicted molar refractivity (Wildman–Crippen MR) is 69.3 cm³/mol. The van der Waals surface area contributed by atoms with Gasteiger partial charge >= 0.3 is 12.0 Å². The van der Waals surface area contributed by atoms with Crippen molar-refractivity contribution in [1.82, 2.24) is 9.97 Å². The van der Waals surface area contributed by atoms with Crippen LogP contribution < -0.4 is 9.47 Å². The van der Waals surface area contributed by atoms with Crippen molar-refractivity contribution in [1.29, 1.82) is 0 Å². The summed E-state index contributed by atoms with van der Waals surface area (Å²) in [6, 6.07) is 5.67. The minimum atomic E-state index is -0.396. The lowest BCUT2D eigenvalue weighted by molar-refractivity contribution is -0.132. The van der Waals surface area contributed by atoms with E-state index in [1.165, 1.54) is 6.92 Å². The quantitative estimate of drug-likeness (QED) is 0.625. The van der Waals surface area contributed by atoms with Crippen LogP contribution in [0.15, 0.2) is 30.6 Å². The monoisotopic (exact) mass is 258 g/mol. The van der Waals surface area contributed by atoms with Gasteiger partial charge in [0, 0.05) is 19.3 Å². The molecule has 0 aliphatic rings. The zero-order chi connectivity index (χ0) is 13.8. The van der Waals surface area contributed by atoms with Gasteiger partial charge < -0.3 is 9.47 Å². The van der Waals surface area contributed by atoms with Gasteiger partial charge in [0.2, 0.25) is 0 Å². The normalized spacial score (nSPS) is 10.1. The second kappa shape index (κ2) is 5.48. The zero-order valence-electron chi connectivity index (χ0n) is 11.0. The molecule has 1 aromatic heterocycles. The Morgan fingerprint density at radius 2 is 1.63 bits per heavy atom. The Morgan fingerprint density at radius 3 is 2.21 bits per heavy atom. The molecule has 0 bridgehead atoms. The summed E-state index contributed by atoms with van der Waals surface area (Å²) < 4.78 is 10.8. The van der Waals surface area contributed by atoms with Crippen LogP contribution in [0.1, 0.15) is 18.1 Å². The molecular formula is C14H14N2O3. The molecule has 0 saturated carbocycles. The van der Waals surface area contributed by atoms with Crippen molar-refractivity contribution in [2.45, 2.75) is 20.8 Å². The minimum Gasteiger partial charge on any atom is -0.422 e. The number of rotatable bonds is 3. The van der Waals surface area contributed by atoms with Gasteiger partial charge in [0.25, 0.3) is 0 Å². The zero-order valence-corrected chi connectivity index (χ0v) is 11.0. The van der Waals surface area contributed by atoms with E-state index < -0.39 is 5.97 Å². The Bertz CT molecular complexity index is 597. The number of hydrogen-bond acceptors (Lipinski definition) is 5. The highest BCUT2D eigenvalue weighted by Gasteiger charge is 2.15. The van der Waals surface area contributed by atoms with E-state index in [-0.39, 0.29) is 6.01 Å². The molecule has 0 radical (unpaired) electrons. The summed E-state index contributed by atoms with van der Waals surface area (Å²) in [5, 5.41) is 0. The maximum absolute atomic E-state index is 11.2. The highest BCUT2D eigenvalue weighted by molar-refractivity contribution is 5.71. The molecule has 0 fully saturated rings. The summed E-state index contributed by atoms with van der Waals surface area (Å²) >= 11 is 0. The van der Waals surface area contributed by atoms with Gasteiger partial charge in [-0.15, -0.1) is 0 Å². The van der Waals surface area contributed by atoms with Crippen molar-refractivity contribution < 1.29 is 14.3 Å². The van der Waals surface area contributed by atoms with E-state index in [1.54, 1.807) is 18.5 Å². The van der Waals surface area contributed by atoms with Crippen molar-refractivity contribution in [3.63, 3.8) is 0 Å². The molecule has 1 heterocycles. The lowest BCUT2D eigenvalue weighted by Crippen LogP contribution is -2.05. The molecule has 0 saturated heterocycles. The third kappa shape index (κ3) is 3.07. The van der Waals surface area contributed by atoms with E-state index >= 15 is 0 Å². The van der Waals surface area contributed by atoms with Crippen LogP contribution in [0, 0.1) is 13.8 Å². The summed E-state index contributed by atoms with van der Waals surface area (Å²) in [6.07, 6.45) is 3.16. The molecule has 1 aromatic carbocycles. The first-order valence-corrected chi connectivity index (χ1v) is 5.81. The van der Waals surface area contributed by atoms with Crippen LogP contribution in [-0.4, -0.2) is 15.9 Å². The topological polar surface area (TPSA) is 61.3 Å². The Labute approximate surface area is 111 Å². The maximum Gasteiger partial charge on any atom is 0.321 e. The summed E-state index contributed by atoms with van der Waals surface area (Å²) in [6.45, 7) is 5.06. The fourth-order valence-corrected chi connectivity index (χ4v) is 1.59. The van der Waals surface area contributed by atoms with Crippen LogP contribution in [-0.2, 0) is 4.79 Å². The van der Waals surface area contributed by atoms with E-state index in [1.807, 2.05) is 26.0 Å². The molecule has 0 aliphatic carbocycles. The van der Waals surface area contributed by atoms with Gasteiger partial charge in [-0.1, -0.05) is 12.1 Å². The van der Waals surface area contributed by atoms with E-state index in [9.17, 15) is 4.79 Å². The van der Waals surface area contributed by atoms with Gasteiger partial charge in [-0.2, -0.15) is 0 Å². The number of ether oxygens (including phenoxy) is 2. The maximum atomic E-state index is 11.2. The number of hydrogen-bond donors (Lipinski definition) is 0. The van der Waals surface area contributed by atoms with Gasteiger partial charge in [-0.05, 0) is 31.0 Å². The van der Waals surface area contributed by atoms with Gasteiger partial charge in [0.15, 0.2) is 11.5 Å². The Kier molecular flexibility index (Phi) is 3.75. The molecule has 2 rings (SSSR count). The number of benzene rings is 1. The average Bonchev–Trinajstić information content (AvgIpc) is 2.39. The summed E-state index contributed by atoms with van der Waals surface area (Å²) in [5.41, 5.74) is 1.65. The molecule has 2 aromatic rings. The molecule has 0 aliphatic heterocycles. The van der Waals surface area contributed by atoms with Gasteiger partial charge in [0.1, 0.15) is 0 Å². The number of aryl methyl sites for hydroxylation is 2. The third-order valence-corrected chi connectivity index (χ3v) is 2.49. The van der Waals surface area contributed by atoms with Gasteiger partial charge in [-0.3, -0.25) is 4.79 Å². The second-order valence-electron chi connectivity index (χ2n) is 4.08. The van der Waals surface area contributed by atoms with Crippen molar-refractivity contribution in [3.8, 4) is 17.5 Å². The van der Waals surface area contributed by atoms with E-state index in [2.05, 4.69) is 9.97 Å². The molecule has 0 N–H and O–H groups in total. The largest absolute Gasteiger partial charge is 0.422 e. The standard InChI is InChI=1S/C14H14N2O3/c1-9-5-6-10(2)13(12(9)18-11(3)17)19-14-15-7-4-8-16-14/h4-8H,1-3H3. The van der Waals surface area contributed by atoms with Crippen LogP contribution in [0.4, 0.5) is 0 Å². The van der Waals surface area contributed by atoms with Crippen molar-refractivity contribution >= 4 is 5.97 Å². The van der Waals surface area contributed by atoms with Crippen LogP contribution in [0.5, 0.6) is 17.5 Å². The van der Waals surface area contributed by atoms with Crippen molar-refractivity contribution in [2.75, 3.05) is 0 Å². The number of carbonyl (C=O) groups excluding carboxylic acids is 1. The van der Waals surface area contributed by atoms with Crippen LogP contribution in [0.2, 0.25) is 0 Å². The second-order valence-corrected chi connectivity index (χ2v) is 4.08. The van der Waals surface area contributed by atoms with Crippen LogP contribution in [0.25, 0.3) is 0 Å². The fourth-order valence-electron chi connectivity index (χ4n) is 1.59. The highest BCUT2D eigenvalue weighted by Crippen LogP contribution is 2.36. The first kappa shape index (κ1) is 13.0. The fraction of sp³-hybridized carbons (Fsp3) is 0.214. The molecule has 5 nitrogen and oxygen atoms in total. The molecule has 0 atom stereocenters. The predicted octanol–water partition coefficient (Wildman–Crippen LogP) is 2.81. The molecule has 0 spiro atoms. The summed E-state index contributed by atoms with van der Waals surface area (Å²) in [4.78, 5) is 19.2. The number of esters is 1. The smallest absolute Gasteiger partial charge is 0.321 e. The molecule has 5 heteroatoms. The van der Waals surface area contributed by atoms with Crippen LogP contribution in [0.3, 0.4) is 0 Å². The van der Waals surface area contributed by atoms with E-state index in [0.29, 0.717) is 11.5 Å². The molecule has 0 unspecified atom stereocenters. The molecule has 19 heavy (non-hydrogen) atoms. The lowest BCUT2D eigenvalue weighted by atomic mass is 10.1.